The quantitative estimate of drug-likeness (QED) is 0.810. The van der Waals surface area contributed by atoms with Crippen LogP contribution in [0, 0.1) is 0 Å². The molecule has 2 aromatic heterocycles. The van der Waals surface area contributed by atoms with Gasteiger partial charge in [-0.05, 0) is 22.0 Å². The smallest absolute Gasteiger partial charge is 0.186 e. The fourth-order valence-corrected chi connectivity index (χ4v) is 3.44. The number of thiazole rings is 1. The van der Waals surface area contributed by atoms with Crippen LogP contribution in [0.1, 0.15) is 14.5 Å². The van der Waals surface area contributed by atoms with E-state index in [9.17, 15) is 4.79 Å². The molecular formula is C10H9BrN2OS2. The molecule has 0 bridgehead atoms. The zero-order valence-corrected chi connectivity index (χ0v) is 11.7. The van der Waals surface area contributed by atoms with Crippen molar-refractivity contribution in [2.24, 2.45) is 0 Å². The number of nitrogens with zero attached hydrogens (tertiary/aromatic N) is 2. The summed E-state index contributed by atoms with van der Waals surface area (Å²) in [7, 11) is 1.97. The summed E-state index contributed by atoms with van der Waals surface area (Å²) in [5.41, 5.74) is 0. The molecule has 2 rings (SSSR count). The van der Waals surface area contributed by atoms with Gasteiger partial charge in [-0.1, -0.05) is 11.3 Å². The third-order valence-electron chi connectivity index (χ3n) is 1.97. The van der Waals surface area contributed by atoms with Crippen LogP contribution < -0.4 is 4.90 Å². The van der Waals surface area contributed by atoms with Gasteiger partial charge in [-0.25, -0.2) is 4.98 Å². The van der Waals surface area contributed by atoms with Crippen molar-refractivity contribution in [3.63, 3.8) is 0 Å². The van der Waals surface area contributed by atoms with Gasteiger partial charge in [0.15, 0.2) is 11.4 Å². The molecule has 0 aromatic carbocycles. The zero-order valence-electron chi connectivity index (χ0n) is 8.51. The molecule has 0 aliphatic carbocycles. The molecule has 0 unspecified atom stereocenters. The molecule has 16 heavy (non-hydrogen) atoms. The predicted octanol–water partition coefficient (Wildman–Crippen LogP) is 3.42. The lowest BCUT2D eigenvalue weighted by molar-refractivity contribution is 0.112. The van der Waals surface area contributed by atoms with E-state index in [-0.39, 0.29) is 0 Å². The highest BCUT2D eigenvalue weighted by Crippen LogP contribution is 2.25. The summed E-state index contributed by atoms with van der Waals surface area (Å²) in [5.74, 6) is 0. The van der Waals surface area contributed by atoms with Gasteiger partial charge in [0.1, 0.15) is 0 Å². The topological polar surface area (TPSA) is 33.2 Å². The number of anilines is 1. The predicted molar refractivity (Wildman–Crippen MR) is 71.6 cm³/mol. The van der Waals surface area contributed by atoms with Crippen LogP contribution in [0.25, 0.3) is 0 Å². The lowest BCUT2D eigenvalue weighted by Crippen LogP contribution is -2.14. The SMILES string of the molecule is CN(Cc1cc(Br)cs1)c1ncc(C=O)s1. The van der Waals surface area contributed by atoms with Crippen molar-refractivity contribution in [3.8, 4) is 0 Å². The third-order valence-corrected chi connectivity index (χ3v) is 4.69. The van der Waals surface area contributed by atoms with Gasteiger partial charge in [0.2, 0.25) is 0 Å². The minimum absolute atomic E-state index is 0.661. The summed E-state index contributed by atoms with van der Waals surface area (Å²) < 4.78 is 1.11. The Labute approximate surface area is 110 Å². The summed E-state index contributed by atoms with van der Waals surface area (Å²) in [6, 6.07) is 2.09. The van der Waals surface area contributed by atoms with Gasteiger partial charge in [-0.2, -0.15) is 0 Å². The van der Waals surface area contributed by atoms with Gasteiger partial charge in [-0.3, -0.25) is 4.79 Å². The number of hydrogen-bond donors (Lipinski definition) is 0. The van der Waals surface area contributed by atoms with Crippen LogP contribution in [0.5, 0.6) is 0 Å². The van der Waals surface area contributed by atoms with Crippen molar-refractivity contribution in [2.45, 2.75) is 6.54 Å². The fraction of sp³-hybridized carbons (Fsp3) is 0.200. The number of carbonyl (C=O) groups excluding carboxylic acids is 1. The van der Waals surface area contributed by atoms with Crippen LogP contribution in [0.2, 0.25) is 0 Å². The molecule has 0 spiro atoms. The Morgan fingerprint density at radius 1 is 1.62 bits per heavy atom. The Kier molecular flexibility index (Phi) is 3.73. The Morgan fingerprint density at radius 3 is 3.00 bits per heavy atom. The fourth-order valence-electron chi connectivity index (χ4n) is 1.25. The first-order valence-electron chi connectivity index (χ1n) is 4.54. The van der Waals surface area contributed by atoms with E-state index in [2.05, 4.69) is 32.4 Å². The van der Waals surface area contributed by atoms with Crippen molar-refractivity contribution in [1.82, 2.24) is 4.98 Å². The van der Waals surface area contributed by atoms with Gasteiger partial charge >= 0.3 is 0 Å². The Hall–Kier alpha value is -0.720. The van der Waals surface area contributed by atoms with Crippen molar-refractivity contribution < 1.29 is 4.79 Å². The monoisotopic (exact) mass is 316 g/mol. The molecule has 84 valence electrons. The molecule has 0 N–H and O–H groups in total. The second kappa shape index (κ2) is 5.07. The van der Waals surface area contributed by atoms with Gasteiger partial charge < -0.3 is 4.90 Å². The Balaban J connectivity index is 2.07. The minimum Gasteiger partial charge on any atom is -0.346 e. The first kappa shape index (κ1) is 11.8. The largest absolute Gasteiger partial charge is 0.346 e. The molecule has 3 nitrogen and oxygen atoms in total. The average Bonchev–Trinajstić information content (AvgIpc) is 2.87. The van der Waals surface area contributed by atoms with E-state index >= 15 is 0 Å². The van der Waals surface area contributed by atoms with Crippen molar-refractivity contribution in [2.75, 3.05) is 11.9 Å². The summed E-state index contributed by atoms with van der Waals surface area (Å²) in [4.78, 5) is 18.7. The van der Waals surface area contributed by atoms with E-state index in [4.69, 9.17) is 0 Å². The standard InChI is InChI=1S/C10H9BrN2OS2/c1-13(4-8-2-7(11)6-15-8)10-12-3-9(5-14)16-10/h2-3,5-6H,4H2,1H3. The van der Waals surface area contributed by atoms with Gasteiger partial charge in [-0.15, -0.1) is 11.3 Å². The van der Waals surface area contributed by atoms with Crippen molar-refractivity contribution in [3.05, 3.63) is 31.9 Å². The molecule has 0 amide bonds. The number of carbonyl (C=O) groups is 1. The maximum Gasteiger partial charge on any atom is 0.186 e. The molecule has 0 fully saturated rings. The number of aldehydes is 1. The molecule has 6 heteroatoms. The summed E-state index contributed by atoms with van der Waals surface area (Å²) >= 11 is 6.54. The minimum atomic E-state index is 0.661. The highest BCUT2D eigenvalue weighted by Gasteiger charge is 2.08. The number of hydrogen-bond acceptors (Lipinski definition) is 5. The first-order chi connectivity index (χ1) is 7.69. The highest BCUT2D eigenvalue weighted by atomic mass is 79.9. The number of rotatable bonds is 4. The molecular weight excluding hydrogens is 308 g/mol. The Bertz CT molecular complexity index is 494. The van der Waals surface area contributed by atoms with E-state index in [1.807, 2.05) is 11.9 Å². The molecule has 0 aliphatic heterocycles. The summed E-state index contributed by atoms with van der Waals surface area (Å²) in [6.07, 6.45) is 2.44. The van der Waals surface area contributed by atoms with Crippen LogP contribution in [0.15, 0.2) is 22.1 Å². The maximum atomic E-state index is 10.6. The summed E-state index contributed by atoms with van der Waals surface area (Å²) in [6.45, 7) is 0.808. The normalized spacial score (nSPS) is 10.4. The molecule has 2 aromatic rings. The van der Waals surface area contributed by atoms with E-state index < -0.39 is 0 Å². The lowest BCUT2D eigenvalue weighted by Gasteiger charge is -2.13. The van der Waals surface area contributed by atoms with Gasteiger partial charge in [0, 0.05) is 21.8 Å². The molecule has 2 heterocycles. The van der Waals surface area contributed by atoms with E-state index in [1.54, 1.807) is 17.5 Å². The second-order valence-corrected chi connectivity index (χ2v) is 6.20. The van der Waals surface area contributed by atoms with E-state index in [0.717, 1.165) is 22.4 Å². The van der Waals surface area contributed by atoms with Crippen molar-refractivity contribution in [1.29, 1.82) is 0 Å². The van der Waals surface area contributed by atoms with Crippen LogP contribution in [-0.4, -0.2) is 18.3 Å². The second-order valence-electron chi connectivity index (χ2n) is 3.25. The van der Waals surface area contributed by atoms with Crippen molar-refractivity contribution >= 4 is 50.0 Å². The van der Waals surface area contributed by atoms with E-state index in [1.165, 1.54) is 16.2 Å². The number of aromatic nitrogens is 1. The van der Waals surface area contributed by atoms with Crippen LogP contribution >= 0.6 is 38.6 Å². The Morgan fingerprint density at radius 2 is 2.44 bits per heavy atom. The molecule has 0 radical (unpaired) electrons. The molecule has 0 saturated carbocycles. The zero-order chi connectivity index (χ0) is 11.5. The van der Waals surface area contributed by atoms with Crippen LogP contribution in [0.4, 0.5) is 5.13 Å². The summed E-state index contributed by atoms with van der Waals surface area (Å²) in [5, 5.41) is 2.92. The third kappa shape index (κ3) is 2.69. The lowest BCUT2D eigenvalue weighted by atomic mass is 10.4. The molecule has 0 saturated heterocycles. The average molecular weight is 317 g/mol. The van der Waals surface area contributed by atoms with Gasteiger partial charge in [0.05, 0.1) is 17.6 Å². The van der Waals surface area contributed by atoms with Crippen LogP contribution in [0.3, 0.4) is 0 Å². The van der Waals surface area contributed by atoms with E-state index in [0.29, 0.717) is 4.88 Å². The van der Waals surface area contributed by atoms with Gasteiger partial charge in [0.25, 0.3) is 0 Å². The number of halogens is 1. The van der Waals surface area contributed by atoms with Crippen LogP contribution in [-0.2, 0) is 6.54 Å². The first-order valence-corrected chi connectivity index (χ1v) is 7.03. The highest BCUT2D eigenvalue weighted by molar-refractivity contribution is 9.10. The molecule has 0 atom stereocenters. The number of thiophene rings is 1. The maximum absolute atomic E-state index is 10.6. The molecule has 0 aliphatic rings.